The molecule has 2 aromatic carbocycles. The van der Waals surface area contributed by atoms with Gasteiger partial charge in [0.25, 0.3) is 0 Å². The Bertz CT molecular complexity index is 1660. The molecule has 0 bridgehead atoms. The number of rotatable bonds is 46. The smallest absolute Gasteiger partial charge is 0.382 e. The van der Waals surface area contributed by atoms with E-state index in [1.807, 2.05) is 29.2 Å². The Morgan fingerprint density at radius 3 is 1.33 bits per heavy atom. The number of anilines is 2. The number of para-hydroxylation sites is 1. The molecule has 0 spiro atoms. The van der Waals surface area contributed by atoms with Gasteiger partial charge in [0, 0.05) is 77.5 Å². The van der Waals surface area contributed by atoms with Gasteiger partial charge in [-0.15, -0.1) is 0 Å². The second-order valence-electron chi connectivity index (χ2n) is 17.0. The molecule has 18 nitrogen and oxygen atoms in total. The molecule has 0 aliphatic carbocycles. The molecule has 1 fully saturated rings. The number of fused-ring (bicyclic) bond motifs is 2. The Balaban J connectivity index is 0.914. The highest BCUT2D eigenvalue weighted by Crippen LogP contribution is 2.49. The van der Waals surface area contributed by atoms with E-state index in [-0.39, 0.29) is 18.3 Å². The highest BCUT2D eigenvalue weighted by atomic mass is 32.2. The van der Waals surface area contributed by atoms with E-state index in [2.05, 4.69) is 9.80 Å². The summed E-state index contributed by atoms with van der Waals surface area (Å²) in [7, 11) is 6.60. The van der Waals surface area contributed by atoms with E-state index in [1.165, 1.54) is 23.9 Å². The van der Waals surface area contributed by atoms with Crippen molar-refractivity contribution in [2.24, 2.45) is 0 Å². The fourth-order valence-electron chi connectivity index (χ4n) is 7.52. The van der Waals surface area contributed by atoms with Gasteiger partial charge in [0.2, 0.25) is 0 Å². The average Bonchev–Trinajstić information content (AvgIpc) is 3.40. The first kappa shape index (κ1) is 63.2. The molecular formula is C51H84F3N3O15S. The average molecular weight is 1070 g/mol. The lowest BCUT2D eigenvalue weighted by atomic mass is 10.1. The van der Waals surface area contributed by atoms with Crippen molar-refractivity contribution < 1.29 is 84.2 Å². The Morgan fingerprint density at radius 1 is 0.452 bits per heavy atom. The zero-order valence-corrected chi connectivity index (χ0v) is 44.5. The number of hydrogen-bond acceptors (Lipinski definition) is 19. The van der Waals surface area contributed by atoms with Gasteiger partial charge in [-0.3, -0.25) is 4.90 Å². The maximum atomic E-state index is 13.7. The highest BCUT2D eigenvalue weighted by Gasteiger charge is 2.33. The first-order chi connectivity index (χ1) is 35.7. The third-order valence-electron chi connectivity index (χ3n) is 11.7. The third kappa shape index (κ3) is 27.5. The van der Waals surface area contributed by atoms with Crippen molar-refractivity contribution in [3.63, 3.8) is 0 Å². The van der Waals surface area contributed by atoms with Crippen LogP contribution >= 0.6 is 11.8 Å². The summed E-state index contributed by atoms with van der Waals surface area (Å²) in [5.41, 5.74) is 0.939. The molecule has 3 atom stereocenters. The summed E-state index contributed by atoms with van der Waals surface area (Å²) in [6.45, 7) is 16.5. The van der Waals surface area contributed by atoms with Crippen LogP contribution in [0.25, 0.3) is 0 Å². The van der Waals surface area contributed by atoms with Crippen LogP contribution in [0.5, 0.6) is 0 Å². The van der Waals surface area contributed by atoms with Crippen LogP contribution in [-0.2, 0) is 77.2 Å². The second kappa shape index (κ2) is 40.0. The number of halogens is 3. The number of piperazine rings is 1. The summed E-state index contributed by atoms with van der Waals surface area (Å²) in [5, 5.41) is 0. The highest BCUT2D eigenvalue weighted by molar-refractivity contribution is 7.99. The maximum absolute atomic E-state index is 13.7. The van der Waals surface area contributed by atoms with Gasteiger partial charge >= 0.3 is 6.18 Å². The number of methoxy groups -OCH3 is 4. The lowest BCUT2D eigenvalue weighted by molar-refractivity contribution is -0.137. The summed E-state index contributed by atoms with van der Waals surface area (Å²) < 4.78 is 124. The van der Waals surface area contributed by atoms with Crippen LogP contribution in [0.3, 0.4) is 0 Å². The quantitative estimate of drug-likeness (QED) is 0.0801. The van der Waals surface area contributed by atoms with Crippen LogP contribution in [0.2, 0.25) is 0 Å². The molecule has 0 radical (unpaired) electrons. The molecule has 73 heavy (non-hydrogen) atoms. The molecule has 1 saturated heterocycles. The Labute approximate surface area is 435 Å². The van der Waals surface area contributed by atoms with Gasteiger partial charge in [0.05, 0.1) is 175 Å². The Morgan fingerprint density at radius 2 is 0.863 bits per heavy atom. The van der Waals surface area contributed by atoms with Crippen molar-refractivity contribution in [2.45, 2.75) is 40.7 Å². The molecule has 0 saturated carbocycles. The first-order valence-electron chi connectivity index (χ1n) is 25.4. The summed E-state index contributed by atoms with van der Waals surface area (Å²) in [4.78, 5) is 8.74. The SMILES string of the molecule is COCCOCCOCCOCCOCCOCCOCCOCCOCCOCC(COCC(COCC(CN1CCN(CCCN2c3ccccc3Sc3ccc(C(F)(F)F)cc32)CC1)OC)OC)OC. The molecule has 0 amide bonds. The first-order valence-corrected chi connectivity index (χ1v) is 26.2. The van der Waals surface area contributed by atoms with Crippen molar-refractivity contribution in [3.8, 4) is 0 Å². The summed E-state index contributed by atoms with van der Waals surface area (Å²) in [6, 6.07) is 12.0. The van der Waals surface area contributed by atoms with E-state index < -0.39 is 11.7 Å². The van der Waals surface area contributed by atoms with E-state index in [9.17, 15) is 13.2 Å². The van der Waals surface area contributed by atoms with Crippen LogP contribution in [0.15, 0.2) is 52.3 Å². The van der Waals surface area contributed by atoms with Gasteiger partial charge < -0.3 is 80.9 Å². The fraction of sp³-hybridized carbons (Fsp3) is 0.765. The van der Waals surface area contributed by atoms with E-state index >= 15 is 0 Å². The van der Waals surface area contributed by atoms with Gasteiger partial charge in [-0.2, -0.15) is 13.2 Å². The normalized spacial score (nSPS) is 15.7. The zero-order chi connectivity index (χ0) is 52.0. The minimum atomic E-state index is -4.40. The van der Waals surface area contributed by atoms with Crippen molar-refractivity contribution in [1.29, 1.82) is 0 Å². The van der Waals surface area contributed by atoms with Gasteiger partial charge in [0.15, 0.2) is 0 Å². The number of ether oxygens (including phenoxy) is 15. The van der Waals surface area contributed by atoms with Gasteiger partial charge in [-0.05, 0) is 43.3 Å². The number of nitrogens with zero attached hydrogens (tertiary/aromatic N) is 3. The third-order valence-corrected chi connectivity index (χ3v) is 12.8. The molecule has 3 unspecified atom stereocenters. The van der Waals surface area contributed by atoms with Crippen LogP contribution < -0.4 is 4.90 Å². The Kier molecular flexibility index (Phi) is 34.6. The largest absolute Gasteiger partial charge is 0.416 e. The van der Waals surface area contributed by atoms with Crippen molar-refractivity contribution in [2.75, 3.05) is 231 Å². The number of alkyl halides is 3. The van der Waals surface area contributed by atoms with E-state index in [4.69, 9.17) is 71.1 Å². The van der Waals surface area contributed by atoms with Gasteiger partial charge in [-0.1, -0.05) is 23.9 Å². The predicted octanol–water partition coefficient (Wildman–Crippen LogP) is 5.19. The number of benzene rings is 2. The monoisotopic (exact) mass is 1070 g/mol. The lowest BCUT2D eigenvalue weighted by Crippen LogP contribution is -2.49. The molecule has 2 aliphatic heterocycles. The molecule has 2 heterocycles. The predicted molar refractivity (Wildman–Crippen MR) is 270 cm³/mol. The minimum absolute atomic E-state index is 0.109. The summed E-state index contributed by atoms with van der Waals surface area (Å²) in [5.74, 6) is 0. The van der Waals surface area contributed by atoms with Crippen LogP contribution in [0.1, 0.15) is 12.0 Å². The zero-order valence-electron chi connectivity index (χ0n) is 43.7. The van der Waals surface area contributed by atoms with E-state index in [1.54, 1.807) is 34.5 Å². The van der Waals surface area contributed by atoms with Crippen molar-refractivity contribution >= 4 is 23.1 Å². The Hall–Kier alpha value is -2.30. The van der Waals surface area contributed by atoms with Crippen molar-refractivity contribution in [1.82, 2.24) is 9.80 Å². The molecular weight excluding hydrogens is 984 g/mol. The van der Waals surface area contributed by atoms with E-state index in [0.717, 1.165) is 61.2 Å². The lowest BCUT2D eigenvalue weighted by Gasteiger charge is -2.37. The molecule has 2 aromatic rings. The van der Waals surface area contributed by atoms with Gasteiger partial charge in [-0.25, -0.2) is 0 Å². The maximum Gasteiger partial charge on any atom is 0.416 e. The summed E-state index contributed by atoms with van der Waals surface area (Å²) >= 11 is 1.52. The minimum Gasteiger partial charge on any atom is -0.382 e. The molecule has 0 aromatic heterocycles. The summed E-state index contributed by atoms with van der Waals surface area (Å²) in [6.07, 6.45) is -4.19. The fourth-order valence-corrected chi connectivity index (χ4v) is 8.60. The molecule has 22 heteroatoms. The van der Waals surface area contributed by atoms with E-state index in [0.29, 0.717) is 164 Å². The molecule has 0 N–H and O–H groups in total. The number of hydrogen-bond donors (Lipinski definition) is 0. The topological polar surface area (TPSA) is 148 Å². The second-order valence-corrected chi connectivity index (χ2v) is 18.1. The van der Waals surface area contributed by atoms with Crippen molar-refractivity contribution in [3.05, 3.63) is 48.0 Å². The van der Waals surface area contributed by atoms with Crippen LogP contribution in [0.4, 0.5) is 24.5 Å². The molecule has 4 rings (SSSR count). The molecule has 420 valence electrons. The van der Waals surface area contributed by atoms with Gasteiger partial charge in [0.1, 0.15) is 12.2 Å². The van der Waals surface area contributed by atoms with Crippen LogP contribution in [-0.4, -0.2) is 254 Å². The van der Waals surface area contributed by atoms with Crippen LogP contribution in [0, 0.1) is 0 Å². The molecule has 2 aliphatic rings. The standard InChI is InChI=1S/C51H84F3N3O15S/c1-58-18-19-62-20-21-63-22-23-64-24-25-65-26-27-66-28-29-67-30-31-68-32-33-69-34-35-70-39-45(60-3)40-72-42-46(61-4)41-71-38-44(59-2)37-56-16-14-55(15-17-56)12-7-13-57-47-8-5-6-9-49(47)73-50-11-10-43(36-48(50)57)51(52,53)54/h5-6,8-11,36,44-46H,7,12-35,37-42H2,1-4H3.